The lowest BCUT2D eigenvalue weighted by Gasteiger charge is -2.15. The summed E-state index contributed by atoms with van der Waals surface area (Å²) in [6.07, 6.45) is 4.27. The van der Waals surface area contributed by atoms with Crippen molar-refractivity contribution in [3.8, 4) is 0 Å². The molecule has 0 amide bonds. The van der Waals surface area contributed by atoms with Crippen molar-refractivity contribution in [3.05, 3.63) is 58.2 Å². The van der Waals surface area contributed by atoms with Crippen LogP contribution in [0.1, 0.15) is 62.0 Å². The van der Waals surface area contributed by atoms with Gasteiger partial charge in [0.05, 0.1) is 6.26 Å². The Kier molecular flexibility index (Phi) is 6.31. The van der Waals surface area contributed by atoms with Crippen molar-refractivity contribution in [3.63, 3.8) is 0 Å². The number of hydrogen-bond donors (Lipinski definition) is 1. The van der Waals surface area contributed by atoms with Crippen molar-refractivity contribution >= 4 is 21.6 Å². The van der Waals surface area contributed by atoms with Crippen LogP contribution >= 0.6 is 0 Å². The normalized spacial score (nSPS) is 16.5. The lowest BCUT2D eigenvalue weighted by Crippen LogP contribution is -2.25. The molecule has 0 bridgehead atoms. The van der Waals surface area contributed by atoms with Gasteiger partial charge in [-0.05, 0) is 43.9 Å². The Balaban J connectivity index is 2.02. The molecule has 2 rings (SSSR count). The summed E-state index contributed by atoms with van der Waals surface area (Å²) in [5, 5.41) is 0. The van der Waals surface area contributed by atoms with E-state index in [4.69, 9.17) is 0 Å². The first-order chi connectivity index (χ1) is 12.1. The third kappa shape index (κ3) is 5.47. The highest BCUT2D eigenvalue weighted by Crippen LogP contribution is 2.25. The van der Waals surface area contributed by atoms with E-state index in [1.54, 1.807) is 31.2 Å². The molecule has 1 aliphatic rings. The fourth-order valence-electron chi connectivity index (χ4n) is 3.15. The van der Waals surface area contributed by atoms with Crippen LogP contribution in [-0.4, -0.2) is 26.2 Å². The summed E-state index contributed by atoms with van der Waals surface area (Å²) in [4.78, 5) is 24.5. The minimum absolute atomic E-state index is 0.0281. The topological polar surface area (TPSA) is 80.3 Å². The Morgan fingerprint density at radius 3 is 2.35 bits per heavy atom. The molecule has 140 valence electrons. The Hall–Kier alpha value is -2.05. The molecule has 1 aliphatic carbocycles. The van der Waals surface area contributed by atoms with Gasteiger partial charge in [-0.3, -0.25) is 9.59 Å². The lowest BCUT2D eigenvalue weighted by atomic mass is 9.89. The van der Waals surface area contributed by atoms with Crippen molar-refractivity contribution in [1.82, 2.24) is 4.72 Å². The summed E-state index contributed by atoms with van der Waals surface area (Å²) in [5.74, 6) is 0.0750. The van der Waals surface area contributed by atoms with E-state index in [0.29, 0.717) is 18.4 Å². The molecule has 1 aromatic rings. The molecular formula is C20H25NO4S. The van der Waals surface area contributed by atoms with Crippen molar-refractivity contribution in [2.24, 2.45) is 0 Å². The molecule has 1 N–H and O–H groups in total. The number of Topliss-reactive ketones (excluding diaryl/α,β-unsaturated/α-hetero) is 2. The van der Waals surface area contributed by atoms with Gasteiger partial charge in [-0.1, -0.05) is 35.9 Å². The molecule has 1 aromatic carbocycles. The molecule has 0 heterocycles. The molecule has 0 radical (unpaired) electrons. The van der Waals surface area contributed by atoms with Crippen molar-refractivity contribution < 1.29 is 18.0 Å². The maximum absolute atomic E-state index is 12.4. The van der Waals surface area contributed by atoms with Crippen molar-refractivity contribution in [2.75, 3.05) is 6.26 Å². The molecular weight excluding hydrogens is 350 g/mol. The lowest BCUT2D eigenvalue weighted by molar-refractivity contribution is -0.115. The zero-order valence-corrected chi connectivity index (χ0v) is 16.4. The van der Waals surface area contributed by atoms with Crippen LogP contribution in [0.2, 0.25) is 0 Å². The van der Waals surface area contributed by atoms with Crippen molar-refractivity contribution in [2.45, 2.75) is 46.1 Å². The largest absolute Gasteiger partial charge is 0.294 e. The van der Waals surface area contributed by atoms with E-state index in [-0.39, 0.29) is 24.0 Å². The van der Waals surface area contributed by atoms with Gasteiger partial charge in [-0.2, -0.15) is 0 Å². The van der Waals surface area contributed by atoms with Gasteiger partial charge in [-0.25, -0.2) is 13.1 Å². The predicted molar refractivity (Wildman–Crippen MR) is 102 cm³/mol. The molecule has 0 aliphatic heterocycles. The van der Waals surface area contributed by atoms with E-state index in [1.807, 2.05) is 19.9 Å². The highest BCUT2D eigenvalue weighted by atomic mass is 32.2. The maximum atomic E-state index is 12.4. The van der Waals surface area contributed by atoms with Crippen molar-refractivity contribution in [1.29, 1.82) is 0 Å². The number of nitrogens with one attached hydrogen (secondary N) is 1. The first-order valence-electron chi connectivity index (χ1n) is 8.57. The van der Waals surface area contributed by atoms with Gasteiger partial charge >= 0.3 is 0 Å². The number of hydrogen-bond acceptors (Lipinski definition) is 4. The molecule has 1 unspecified atom stereocenters. The van der Waals surface area contributed by atoms with Gasteiger partial charge < -0.3 is 0 Å². The second kappa shape index (κ2) is 8.10. The fraction of sp³-hybridized carbons (Fsp3) is 0.400. The van der Waals surface area contributed by atoms with Crippen LogP contribution in [0.25, 0.3) is 0 Å². The maximum Gasteiger partial charge on any atom is 0.209 e. The van der Waals surface area contributed by atoms with E-state index < -0.39 is 10.0 Å². The van der Waals surface area contributed by atoms with E-state index in [1.165, 1.54) is 0 Å². The number of carbonyl (C=O) groups is 2. The third-order valence-corrected chi connectivity index (χ3v) is 5.22. The molecule has 26 heavy (non-hydrogen) atoms. The number of sulfonamides is 1. The zero-order chi connectivity index (χ0) is 19.5. The Bertz CT molecular complexity index is 877. The van der Waals surface area contributed by atoms with E-state index in [9.17, 15) is 18.0 Å². The minimum Gasteiger partial charge on any atom is -0.294 e. The number of allylic oxidation sites excluding steroid dienone is 4. The van der Waals surface area contributed by atoms with E-state index in [0.717, 1.165) is 28.5 Å². The van der Waals surface area contributed by atoms with Gasteiger partial charge in [0.2, 0.25) is 10.0 Å². The first kappa shape index (κ1) is 20.3. The molecule has 0 fully saturated rings. The Morgan fingerprint density at radius 1 is 1.19 bits per heavy atom. The SMILES string of the molecule is CC1=CC(C)=C(CCC(=O)c2ccc(C(C)NS(C)(=O)=O)cc2)C(=O)C1. The summed E-state index contributed by atoms with van der Waals surface area (Å²) in [5.41, 5.74) is 4.09. The molecule has 0 aromatic heterocycles. The Morgan fingerprint density at radius 2 is 1.81 bits per heavy atom. The number of ketones is 2. The second-order valence-electron chi connectivity index (χ2n) is 6.91. The Labute approximate surface area is 155 Å². The third-order valence-electron chi connectivity index (χ3n) is 4.44. The van der Waals surface area contributed by atoms with E-state index in [2.05, 4.69) is 4.72 Å². The molecule has 6 heteroatoms. The summed E-state index contributed by atoms with van der Waals surface area (Å²) in [7, 11) is -3.29. The van der Waals surface area contributed by atoms with Gasteiger partial charge in [0.25, 0.3) is 0 Å². The number of carbonyl (C=O) groups excluding carboxylic acids is 2. The van der Waals surface area contributed by atoms with Crippen LogP contribution in [0.5, 0.6) is 0 Å². The summed E-state index contributed by atoms with van der Waals surface area (Å²) < 4.78 is 25.1. The first-order valence-corrected chi connectivity index (χ1v) is 10.5. The van der Waals surface area contributed by atoms with Gasteiger partial charge in [-0.15, -0.1) is 0 Å². The monoisotopic (exact) mass is 375 g/mol. The van der Waals surface area contributed by atoms with Crippen LogP contribution in [0.15, 0.2) is 47.1 Å². The summed E-state index contributed by atoms with van der Waals surface area (Å²) >= 11 is 0. The minimum atomic E-state index is -3.29. The highest BCUT2D eigenvalue weighted by molar-refractivity contribution is 7.88. The summed E-state index contributed by atoms with van der Waals surface area (Å²) in [6.45, 7) is 5.59. The average Bonchev–Trinajstić information content (AvgIpc) is 2.52. The molecule has 1 atom stereocenters. The van der Waals surface area contributed by atoms with Crippen LogP contribution in [0.4, 0.5) is 0 Å². The van der Waals surface area contributed by atoms with Gasteiger partial charge in [0, 0.05) is 24.4 Å². The number of benzene rings is 1. The van der Waals surface area contributed by atoms with Gasteiger partial charge in [0.1, 0.15) is 0 Å². The molecule has 5 nitrogen and oxygen atoms in total. The summed E-state index contributed by atoms with van der Waals surface area (Å²) in [6, 6.07) is 6.53. The van der Waals surface area contributed by atoms with Crippen LogP contribution in [0.3, 0.4) is 0 Å². The van der Waals surface area contributed by atoms with Crippen LogP contribution < -0.4 is 4.72 Å². The number of rotatable bonds is 7. The van der Waals surface area contributed by atoms with Crippen LogP contribution in [-0.2, 0) is 14.8 Å². The van der Waals surface area contributed by atoms with Gasteiger partial charge in [0.15, 0.2) is 11.6 Å². The van der Waals surface area contributed by atoms with Crippen LogP contribution in [0, 0.1) is 0 Å². The standard InChI is InChI=1S/C20H25NO4S/c1-13-11-14(2)18(20(23)12-13)9-10-19(22)17-7-5-16(6-8-17)15(3)21-26(4,24)25/h5-8,11,15,21H,9-10,12H2,1-4H3. The fourth-order valence-corrected chi connectivity index (χ4v) is 3.93. The molecule has 0 spiro atoms. The zero-order valence-electron chi connectivity index (χ0n) is 15.6. The molecule has 0 saturated heterocycles. The predicted octanol–water partition coefficient (Wildman–Crippen LogP) is 3.50. The average molecular weight is 375 g/mol. The smallest absolute Gasteiger partial charge is 0.209 e. The highest BCUT2D eigenvalue weighted by Gasteiger charge is 2.19. The second-order valence-corrected chi connectivity index (χ2v) is 8.69. The van der Waals surface area contributed by atoms with E-state index >= 15 is 0 Å². The molecule has 0 saturated carbocycles. The quantitative estimate of drug-likeness (QED) is 0.740.